The van der Waals surface area contributed by atoms with E-state index in [0.29, 0.717) is 48.3 Å². The van der Waals surface area contributed by atoms with Crippen LogP contribution in [0, 0.1) is 0 Å². The number of hydrogen-bond acceptors (Lipinski definition) is 5. The zero-order chi connectivity index (χ0) is 24.7. The third kappa shape index (κ3) is 6.87. The smallest absolute Gasteiger partial charge is 0.317 e. The summed E-state index contributed by atoms with van der Waals surface area (Å²) in [7, 11) is 0. The topological polar surface area (TPSA) is 85.0 Å². The largest absolute Gasteiger partial charge is 0.368 e. The molecule has 0 aliphatic carbocycles. The summed E-state index contributed by atoms with van der Waals surface area (Å²) in [6, 6.07) is 9.14. The number of halogens is 1. The van der Waals surface area contributed by atoms with Crippen LogP contribution in [0.4, 0.5) is 16.2 Å². The molecule has 3 rings (SSSR count). The molecule has 1 aliphatic rings. The van der Waals surface area contributed by atoms with E-state index in [0.717, 1.165) is 12.1 Å². The number of benzene rings is 1. The van der Waals surface area contributed by atoms with Crippen LogP contribution in [0.15, 0.2) is 35.7 Å². The van der Waals surface area contributed by atoms with Gasteiger partial charge >= 0.3 is 6.03 Å². The van der Waals surface area contributed by atoms with Crippen molar-refractivity contribution < 1.29 is 14.4 Å². The van der Waals surface area contributed by atoms with Crippen LogP contribution in [-0.2, 0) is 4.79 Å². The second-order valence-corrected chi connectivity index (χ2v) is 9.85. The highest BCUT2D eigenvalue weighted by atomic mass is 35.5. The van der Waals surface area contributed by atoms with E-state index in [4.69, 9.17) is 11.6 Å². The zero-order valence-corrected chi connectivity index (χ0v) is 21.4. The van der Waals surface area contributed by atoms with E-state index in [-0.39, 0.29) is 30.4 Å². The Hall–Kier alpha value is -2.78. The summed E-state index contributed by atoms with van der Waals surface area (Å²) >= 11 is 7.72. The molecule has 0 unspecified atom stereocenters. The number of piperazine rings is 1. The van der Waals surface area contributed by atoms with Crippen LogP contribution in [0.25, 0.3) is 0 Å². The van der Waals surface area contributed by atoms with Crippen LogP contribution in [-0.4, -0.2) is 73.0 Å². The first-order valence-electron chi connectivity index (χ1n) is 11.5. The summed E-state index contributed by atoms with van der Waals surface area (Å²) in [6.07, 6.45) is 0.752. The molecule has 0 saturated carbocycles. The lowest BCUT2D eigenvalue weighted by Crippen LogP contribution is -2.52. The monoisotopic (exact) mass is 505 g/mol. The third-order valence-corrected chi connectivity index (χ3v) is 6.60. The summed E-state index contributed by atoms with van der Waals surface area (Å²) < 4.78 is 0. The molecule has 10 heteroatoms. The highest BCUT2D eigenvalue weighted by molar-refractivity contribution is 7.12. The van der Waals surface area contributed by atoms with Crippen LogP contribution >= 0.6 is 22.9 Å². The molecule has 1 aliphatic heterocycles. The van der Waals surface area contributed by atoms with Gasteiger partial charge in [-0.15, -0.1) is 11.3 Å². The molecule has 0 spiro atoms. The van der Waals surface area contributed by atoms with Crippen molar-refractivity contribution in [3.8, 4) is 0 Å². The predicted molar refractivity (Wildman–Crippen MR) is 138 cm³/mol. The Morgan fingerprint density at radius 3 is 2.50 bits per heavy atom. The van der Waals surface area contributed by atoms with E-state index in [1.807, 2.05) is 49.3 Å². The first-order valence-corrected chi connectivity index (χ1v) is 12.8. The molecule has 4 amide bonds. The van der Waals surface area contributed by atoms with Crippen LogP contribution in [0.5, 0.6) is 0 Å². The lowest BCUT2D eigenvalue weighted by molar-refractivity contribution is -0.116. The Bertz CT molecular complexity index is 990. The molecule has 1 aromatic heterocycles. The van der Waals surface area contributed by atoms with Crippen molar-refractivity contribution in [1.29, 1.82) is 0 Å². The summed E-state index contributed by atoms with van der Waals surface area (Å²) in [6.45, 7) is 8.88. The normalized spacial score (nSPS) is 13.7. The number of carbonyl (C=O) groups excluding carboxylic acids is 3. The van der Waals surface area contributed by atoms with Gasteiger partial charge in [0.1, 0.15) is 6.54 Å². The molecule has 2 heterocycles. The molecule has 2 aromatic rings. The Labute approximate surface area is 209 Å². The molecule has 1 aromatic carbocycles. The molecule has 0 bridgehead atoms. The second kappa shape index (κ2) is 12.1. The van der Waals surface area contributed by atoms with Crippen molar-refractivity contribution in [2.24, 2.45) is 0 Å². The van der Waals surface area contributed by atoms with E-state index >= 15 is 0 Å². The van der Waals surface area contributed by atoms with Gasteiger partial charge in [0.05, 0.1) is 15.6 Å². The molecule has 8 nitrogen and oxygen atoms in total. The first-order chi connectivity index (χ1) is 16.3. The molecule has 2 N–H and O–H groups in total. The fraction of sp³-hybridized carbons (Fsp3) is 0.458. The number of amides is 4. The summed E-state index contributed by atoms with van der Waals surface area (Å²) in [5, 5.41) is 8.06. The van der Waals surface area contributed by atoms with E-state index in [1.54, 1.807) is 17.0 Å². The minimum atomic E-state index is -0.299. The van der Waals surface area contributed by atoms with Gasteiger partial charge in [0.15, 0.2) is 0 Å². The summed E-state index contributed by atoms with van der Waals surface area (Å²) in [5.41, 5.74) is 1.42. The molecule has 0 radical (unpaired) electrons. The predicted octanol–water partition coefficient (Wildman–Crippen LogP) is 4.13. The minimum absolute atomic E-state index is 0.0469. The van der Waals surface area contributed by atoms with Gasteiger partial charge in [0.2, 0.25) is 5.91 Å². The summed E-state index contributed by atoms with van der Waals surface area (Å²) in [5.74, 6) is -0.446. The van der Waals surface area contributed by atoms with Crippen LogP contribution in [0.2, 0.25) is 5.02 Å². The number of thiophene rings is 1. The van der Waals surface area contributed by atoms with E-state index in [2.05, 4.69) is 15.5 Å². The van der Waals surface area contributed by atoms with Crippen molar-refractivity contribution in [2.75, 3.05) is 49.5 Å². The number of nitrogens with zero attached hydrogens (tertiary/aromatic N) is 3. The average Bonchev–Trinajstić information content (AvgIpc) is 3.34. The Morgan fingerprint density at radius 2 is 1.88 bits per heavy atom. The lowest BCUT2D eigenvalue weighted by atomic mass is 10.2. The van der Waals surface area contributed by atoms with Crippen molar-refractivity contribution in [3.05, 3.63) is 45.6 Å². The van der Waals surface area contributed by atoms with Gasteiger partial charge < -0.3 is 25.3 Å². The van der Waals surface area contributed by atoms with Crippen LogP contribution in [0.1, 0.15) is 36.9 Å². The number of anilines is 2. The second-order valence-electron chi connectivity index (χ2n) is 8.49. The van der Waals surface area contributed by atoms with Crippen molar-refractivity contribution in [1.82, 2.24) is 15.1 Å². The fourth-order valence-corrected chi connectivity index (χ4v) is 4.61. The van der Waals surface area contributed by atoms with Gasteiger partial charge in [-0.3, -0.25) is 9.59 Å². The maximum Gasteiger partial charge on any atom is 0.317 e. The summed E-state index contributed by atoms with van der Waals surface area (Å²) in [4.78, 5) is 43.9. The molecule has 1 saturated heterocycles. The van der Waals surface area contributed by atoms with E-state index in [1.165, 1.54) is 11.3 Å². The fourth-order valence-electron chi connectivity index (χ4n) is 3.75. The maximum atomic E-state index is 12.8. The molecule has 1 fully saturated rings. The SMILES string of the molecule is CCCN(CC(=O)Nc1cc(N2CCN(C(=O)NC(C)C)CC2)ccc1Cl)C(=O)c1cccs1. The van der Waals surface area contributed by atoms with Crippen LogP contribution < -0.4 is 15.5 Å². The lowest BCUT2D eigenvalue weighted by Gasteiger charge is -2.36. The molecular weight excluding hydrogens is 474 g/mol. The molecule has 34 heavy (non-hydrogen) atoms. The van der Waals surface area contributed by atoms with E-state index < -0.39 is 0 Å². The average molecular weight is 506 g/mol. The quantitative estimate of drug-likeness (QED) is 0.565. The number of hydrogen-bond donors (Lipinski definition) is 2. The van der Waals surface area contributed by atoms with Crippen molar-refractivity contribution >= 4 is 52.2 Å². The molecule has 0 atom stereocenters. The molecular formula is C24H32ClN5O3S. The van der Waals surface area contributed by atoms with E-state index in [9.17, 15) is 14.4 Å². The molecule has 184 valence electrons. The van der Waals surface area contributed by atoms with Crippen LogP contribution in [0.3, 0.4) is 0 Å². The Balaban J connectivity index is 1.62. The van der Waals surface area contributed by atoms with Gasteiger partial charge in [-0.2, -0.15) is 0 Å². The Kier molecular flexibility index (Phi) is 9.18. The zero-order valence-electron chi connectivity index (χ0n) is 19.8. The van der Waals surface area contributed by atoms with Gasteiger partial charge in [-0.05, 0) is 49.9 Å². The van der Waals surface area contributed by atoms with Gasteiger partial charge in [-0.25, -0.2) is 4.79 Å². The van der Waals surface area contributed by atoms with Crippen molar-refractivity contribution in [2.45, 2.75) is 33.2 Å². The minimum Gasteiger partial charge on any atom is -0.368 e. The standard InChI is InChI=1S/C24H32ClN5O3S/c1-4-9-30(23(32)21-6-5-14-34-21)16-22(31)27-20-15-18(7-8-19(20)25)28-10-12-29(13-11-28)24(33)26-17(2)3/h5-8,14-15,17H,4,9-13,16H2,1-3H3,(H,26,33)(H,27,31). The Morgan fingerprint density at radius 1 is 1.15 bits per heavy atom. The number of rotatable bonds is 8. The third-order valence-electron chi connectivity index (χ3n) is 5.42. The maximum absolute atomic E-state index is 12.8. The number of nitrogens with one attached hydrogen (secondary N) is 2. The highest BCUT2D eigenvalue weighted by Crippen LogP contribution is 2.28. The highest BCUT2D eigenvalue weighted by Gasteiger charge is 2.23. The van der Waals surface area contributed by atoms with Crippen molar-refractivity contribution in [3.63, 3.8) is 0 Å². The van der Waals surface area contributed by atoms with Gasteiger partial charge in [0, 0.05) is 44.5 Å². The number of urea groups is 1. The number of carbonyl (C=O) groups is 3. The van der Waals surface area contributed by atoms with Gasteiger partial charge in [-0.1, -0.05) is 24.6 Å². The van der Waals surface area contributed by atoms with Gasteiger partial charge in [0.25, 0.3) is 5.91 Å². The first kappa shape index (κ1) is 25.8.